The number of amides is 1. The highest BCUT2D eigenvalue weighted by Gasteiger charge is 2.28. The molecule has 11 heteroatoms. The molecule has 8 nitrogen and oxygen atoms in total. The molecule has 0 spiro atoms. The first-order valence-corrected chi connectivity index (χ1v) is 7.96. The van der Waals surface area contributed by atoms with Crippen LogP contribution in [-0.4, -0.2) is 30.8 Å². The Morgan fingerprint density at radius 2 is 1.79 bits per heavy atom. The standard InChI is InChI=1S/C17H14F3N7O/c1-9(28)25-14-5-12(11(8-22-14)15-23-6-10(18)7-24-15)26-13-3-4-21-16(27-13)17(2,19)20/h3-8H,1-2H3,(H2,21,22,25,26,27,28). The van der Waals surface area contributed by atoms with Crippen LogP contribution in [0.4, 0.5) is 30.5 Å². The number of nitrogens with zero attached hydrogens (tertiary/aromatic N) is 5. The van der Waals surface area contributed by atoms with Crippen molar-refractivity contribution in [1.29, 1.82) is 0 Å². The summed E-state index contributed by atoms with van der Waals surface area (Å²) in [4.78, 5) is 30.5. The van der Waals surface area contributed by atoms with Crippen LogP contribution in [0, 0.1) is 5.82 Å². The fraction of sp³-hybridized carbons (Fsp3) is 0.176. The third-order valence-corrected chi connectivity index (χ3v) is 3.38. The van der Waals surface area contributed by atoms with Gasteiger partial charge in [0.2, 0.25) is 11.7 Å². The van der Waals surface area contributed by atoms with Gasteiger partial charge in [-0.2, -0.15) is 8.78 Å². The van der Waals surface area contributed by atoms with E-state index in [1.165, 1.54) is 31.5 Å². The molecular formula is C17H14F3N7O. The predicted octanol–water partition coefficient (Wildman–Crippen LogP) is 3.28. The summed E-state index contributed by atoms with van der Waals surface area (Å²) < 4.78 is 40.1. The molecule has 1 amide bonds. The van der Waals surface area contributed by atoms with Crippen LogP contribution in [0.2, 0.25) is 0 Å². The van der Waals surface area contributed by atoms with Gasteiger partial charge in [-0.1, -0.05) is 0 Å². The lowest BCUT2D eigenvalue weighted by atomic mass is 10.2. The second-order valence-corrected chi connectivity index (χ2v) is 5.80. The van der Waals surface area contributed by atoms with Gasteiger partial charge in [-0.05, 0) is 6.07 Å². The summed E-state index contributed by atoms with van der Waals surface area (Å²) in [5.41, 5.74) is 0.659. The highest BCUT2D eigenvalue weighted by Crippen LogP contribution is 2.30. The summed E-state index contributed by atoms with van der Waals surface area (Å²) in [7, 11) is 0. The van der Waals surface area contributed by atoms with Gasteiger partial charge in [0.15, 0.2) is 11.6 Å². The van der Waals surface area contributed by atoms with Gasteiger partial charge in [-0.15, -0.1) is 0 Å². The largest absolute Gasteiger partial charge is 0.339 e. The lowest BCUT2D eigenvalue weighted by Crippen LogP contribution is -2.13. The Balaban J connectivity index is 2.03. The van der Waals surface area contributed by atoms with Crippen LogP contribution in [0.3, 0.4) is 0 Å². The zero-order chi connectivity index (χ0) is 20.3. The van der Waals surface area contributed by atoms with Crippen molar-refractivity contribution in [1.82, 2.24) is 24.9 Å². The molecular weight excluding hydrogens is 375 g/mol. The molecule has 3 heterocycles. The molecule has 0 aliphatic rings. The smallest absolute Gasteiger partial charge is 0.303 e. The number of anilines is 3. The number of pyridine rings is 1. The van der Waals surface area contributed by atoms with Crippen molar-refractivity contribution in [2.24, 2.45) is 0 Å². The maximum Gasteiger partial charge on any atom is 0.303 e. The van der Waals surface area contributed by atoms with E-state index in [1.807, 2.05) is 0 Å². The Bertz CT molecular complexity index is 1010. The van der Waals surface area contributed by atoms with Gasteiger partial charge in [0.05, 0.1) is 23.6 Å². The monoisotopic (exact) mass is 389 g/mol. The number of hydrogen-bond acceptors (Lipinski definition) is 7. The molecule has 0 aromatic carbocycles. The van der Waals surface area contributed by atoms with E-state index < -0.39 is 17.6 Å². The van der Waals surface area contributed by atoms with Crippen molar-refractivity contribution in [2.75, 3.05) is 10.6 Å². The van der Waals surface area contributed by atoms with E-state index in [2.05, 4.69) is 35.6 Å². The number of alkyl halides is 2. The van der Waals surface area contributed by atoms with E-state index in [4.69, 9.17) is 0 Å². The first-order chi connectivity index (χ1) is 13.2. The summed E-state index contributed by atoms with van der Waals surface area (Å²) in [5.74, 6) is -4.43. The number of hydrogen-bond donors (Lipinski definition) is 2. The number of rotatable bonds is 5. The molecule has 2 N–H and O–H groups in total. The zero-order valence-electron chi connectivity index (χ0n) is 14.7. The molecule has 0 aliphatic carbocycles. The second-order valence-electron chi connectivity index (χ2n) is 5.80. The summed E-state index contributed by atoms with van der Waals surface area (Å²) in [6.45, 7) is 2.00. The Labute approximate surface area is 157 Å². The molecule has 3 rings (SSSR count). The van der Waals surface area contributed by atoms with Crippen molar-refractivity contribution in [2.45, 2.75) is 19.8 Å². The van der Waals surface area contributed by atoms with Crippen LogP contribution in [0.1, 0.15) is 19.7 Å². The van der Waals surface area contributed by atoms with E-state index in [0.717, 1.165) is 12.4 Å². The summed E-state index contributed by atoms with van der Waals surface area (Å²) in [5, 5.41) is 5.37. The maximum atomic E-state index is 13.5. The lowest BCUT2D eigenvalue weighted by Gasteiger charge is -2.14. The number of aromatic nitrogens is 5. The van der Waals surface area contributed by atoms with Crippen LogP contribution in [0.15, 0.2) is 36.9 Å². The van der Waals surface area contributed by atoms with E-state index in [1.54, 1.807) is 0 Å². The minimum atomic E-state index is -3.22. The average molecular weight is 389 g/mol. The summed E-state index contributed by atoms with van der Waals surface area (Å²) in [6.07, 6.45) is 4.51. The molecule has 0 saturated carbocycles. The van der Waals surface area contributed by atoms with E-state index in [-0.39, 0.29) is 23.4 Å². The molecule has 0 aliphatic heterocycles. The Morgan fingerprint density at radius 3 is 2.43 bits per heavy atom. The molecule has 0 fully saturated rings. The fourth-order valence-corrected chi connectivity index (χ4v) is 2.21. The first kappa shape index (κ1) is 19.1. The molecule has 3 aromatic rings. The van der Waals surface area contributed by atoms with Gasteiger partial charge in [0.1, 0.15) is 11.6 Å². The lowest BCUT2D eigenvalue weighted by molar-refractivity contribution is -0.114. The van der Waals surface area contributed by atoms with Crippen molar-refractivity contribution in [3.8, 4) is 11.4 Å². The molecule has 0 unspecified atom stereocenters. The van der Waals surface area contributed by atoms with E-state index >= 15 is 0 Å². The molecule has 0 saturated heterocycles. The van der Waals surface area contributed by atoms with E-state index in [9.17, 15) is 18.0 Å². The minimum Gasteiger partial charge on any atom is -0.339 e. The van der Waals surface area contributed by atoms with Gasteiger partial charge < -0.3 is 10.6 Å². The Kier molecular flexibility index (Phi) is 5.16. The molecule has 3 aromatic heterocycles. The highest BCUT2D eigenvalue weighted by molar-refractivity contribution is 5.89. The second kappa shape index (κ2) is 7.55. The van der Waals surface area contributed by atoms with Gasteiger partial charge in [0.25, 0.3) is 0 Å². The topological polar surface area (TPSA) is 106 Å². The van der Waals surface area contributed by atoms with Gasteiger partial charge in [-0.25, -0.2) is 29.3 Å². The Hall–Kier alpha value is -3.63. The SMILES string of the molecule is CC(=O)Nc1cc(Nc2ccnc(C(C)(F)F)n2)c(-c2ncc(F)cn2)cn1. The quantitative estimate of drug-likeness (QED) is 0.690. The van der Waals surface area contributed by atoms with Crippen molar-refractivity contribution in [3.05, 3.63) is 48.6 Å². The van der Waals surface area contributed by atoms with Crippen LogP contribution < -0.4 is 10.6 Å². The van der Waals surface area contributed by atoms with Gasteiger partial charge in [-0.3, -0.25) is 4.79 Å². The van der Waals surface area contributed by atoms with Crippen molar-refractivity contribution in [3.63, 3.8) is 0 Å². The third-order valence-electron chi connectivity index (χ3n) is 3.38. The predicted molar refractivity (Wildman–Crippen MR) is 94.4 cm³/mol. The van der Waals surface area contributed by atoms with Crippen molar-refractivity contribution < 1.29 is 18.0 Å². The molecule has 28 heavy (non-hydrogen) atoms. The molecule has 0 radical (unpaired) electrons. The van der Waals surface area contributed by atoms with Crippen LogP contribution in [0.5, 0.6) is 0 Å². The van der Waals surface area contributed by atoms with E-state index in [0.29, 0.717) is 18.2 Å². The minimum absolute atomic E-state index is 0.0786. The summed E-state index contributed by atoms with van der Waals surface area (Å²) in [6, 6.07) is 2.85. The van der Waals surface area contributed by atoms with Gasteiger partial charge >= 0.3 is 5.92 Å². The number of carbonyl (C=O) groups is 1. The van der Waals surface area contributed by atoms with Crippen LogP contribution in [-0.2, 0) is 10.7 Å². The Morgan fingerprint density at radius 1 is 1.07 bits per heavy atom. The number of nitrogens with one attached hydrogen (secondary N) is 2. The van der Waals surface area contributed by atoms with Crippen LogP contribution >= 0.6 is 0 Å². The normalized spacial score (nSPS) is 11.2. The number of carbonyl (C=O) groups excluding carboxylic acids is 1. The molecule has 0 bridgehead atoms. The highest BCUT2D eigenvalue weighted by atomic mass is 19.3. The fourth-order valence-electron chi connectivity index (χ4n) is 2.21. The molecule has 144 valence electrons. The maximum absolute atomic E-state index is 13.5. The van der Waals surface area contributed by atoms with Crippen LogP contribution in [0.25, 0.3) is 11.4 Å². The average Bonchev–Trinajstić information content (AvgIpc) is 2.62. The zero-order valence-corrected chi connectivity index (χ0v) is 14.7. The first-order valence-electron chi connectivity index (χ1n) is 7.96. The van der Waals surface area contributed by atoms with Crippen molar-refractivity contribution >= 4 is 23.2 Å². The third kappa shape index (κ3) is 4.55. The van der Waals surface area contributed by atoms with Gasteiger partial charge in [0, 0.05) is 32.3 Å². The molecule has 0 atom stereocenters. The number of halogens is 3. The summed E-state index contributed by atoms with van der Waals surface area (Å²) >= 11 is 0.